The van der Waals surface area contributed by atoms with Gasteiger partial charge in [-0.2, -0.15) is 0 Å². The van der Waals surface area contributed by atoms with Gasteiger partial charge in [-0.25, -0.2) is 4.79 Å². The van der Waals surface area contributed by atoms with Crippen LogP contribution in [0.5, 0.6) is 0 Å². The molecule has 0 amide bonds. The molecule has 4 heteroatoms. The minimum atomic E-state index is -1.09. The van der Waals surface area contributed by atoms with E-state index in [-0.39, 0.29) is 16.9 Å². The van der Waals surface area contributed by atoms with E-state index in [1.807, 2.05) is 0 Å². The molecule has 0 unspecified atom stereocenters. The fourth-order valence-corrected chi connectivity index (χ4v) is 5.43. The Hall–Kier alpha value is -1.13. The second-order valence-electron chi connectivity index (χ2n) is 8.45. The van der Waals surface area contributed by atoms with Gasteiger partial charge >= 0.3 is 5.97 Å². The summed E-state index contributed by atoms with van der Waals surface area (Å²) >= 11 is 0. The first-order chi connectivity index (χ1) is 11.2. The van der Waals surface area contributed by atoms with Gasteiger partial charge in [0.2, 0.25) is 6.29 Å². The predicted octanol–water partition coefficient (Wildman–Crippen LogP) is 3.34. The number of carbonyl (C=O) groups excluding carboxylic acids is 1. The van der Waals surface area contributed by atoms with E-state index in [1.165, 1.54) is 11.6 Å². The van der Waals surface area contributed by atoms with Gasteiger partial charge in [-0.15, -0.1) is 0 Å². The predicted molar refractivity (Wildman–Crippen MR) is 91.9 cm³/mol. The molecule has 1 saturated carbocycles. The van der Waals surface area contributed by atoms with Crippen molar-refractivity contribution >= 4 is 5.97 Å². The molecule has 0 aromatic carbocycles. The van der Waals surface area contributed by atoms with Gasteiger partial charge in [0.1, 0.15) is 0 Å². The SMILES string of the molecule is CC1=CCC[C@H]2[C@](C)(CCC3=C[C@H](O)OC3=O)[C@@H](C)C[C@@H](O)[C@@]12C. The Balaban J connectivity index is 1.86. The maximum absolute atomic E-state index is 11.8. The molecule has 0 aromatic heterocycles. The molecule has 1 fully saturated rings. The number of hydrogen-bond donors (Lipinski definition) is 2. The Bertz CT molecular complexity index is 592. The number of esters is 1. The van der Waals surface area contributed by atoms with Crippen LogP contribution in [0.3, 0.4) is 0 Å². The maximum Gasteiger partial charge on any atom is 0.336 e. The monoisotopic (exact) mass is 334 g/mol. The van der Waals surface area contributed by atoms with Gasteiger partial charge in [-0.05, 0) is 62.4 Å². The molecule has 134 valence electrons. The third kappa shape index (κ3) is 2.55. The third-order valence-electron chi connectivity index (χ3n) is 7.44. The molecule has 0 bridgehead atoms. The van der Waals surface area contributed by atoms with Gasteiger partial charge in [0.15, 0.2) is 0 Å². The zero-order valence-corrected chi connectivity index (χ0v) is 15.2. The molecule has 4 nitrogen and oxygen atoms in total. The Labute approximate surface area is 144 Å². The van der Waals surface area contributed by atoms with Crippen molar-refractivity contribution in [3.8, 4) is 0 Å². The Kier molecular flexibility index (Phi) is 4.42. The largest absolute Gasteiger partial charge is 0.429 e. The topological polar surface area (TPSA) is 66.8 Å². The number of rotatable bonds is 3. The van der Waals surface area contributed by atoms with Crippen molar-refractivity contribution in [2.24, 2.45) is 22.7 Å². The summed E-state index contributed by atoms with van der Waals surface area (Å²) in [4.78, 5) is 11.8. The number of allylic oxidation sites excluding steroid dienone is 1. The van der Waals surface area contributed by atoms with E-state index in [2.05, 4.69) is 33.8 Å². The van der Waals surface area contributed by atoms with Crippen LogP contribution in [0.15, 0.2) is 23.3 Å². The molecule has 24 heavy (non-hydrogen) atoms. The lowest BCUT2D eigenvalue weighted by atomic mass is 9.46. The summed E-state index contributed by atoms with van der Waals surface area (Å²) in [5.41, 5.74) is 1.77. The van der Waals surface area contributed by atoms with Gasteiger partial charge < -0.3 is 14.9 Å². The molecule has 1 aliphatic heterocycles. The fraction of sp³-hybridized carbons (Fsp3) is 0.750. The van der Waals surface area contributed by atoms with Gasteiger partial charge in [0.25, 0.3) is 0 Å². The molecule has 3 aliphatic rings. The number of ether oxygens (including phenoxy) is 1. The lowest BCUT2D eigenvalue weighted by molar-refractivity contribution is -0.151. The molecule has 0 aromatic rings. The Morgan fingerprint density at radius 1 is 1.33 bits per heavy atom. The molecular weight excluding hydrogens is 304 g/mol. The zero-order chi connectivity index (χ0) is 17.7. The van der Waals surface area contributed by atoms with Gasteiger partial charge in [0, 0.05) is 11.0 Å². The number of hydrogen-bond acceptors (Lipinski definition) is 4. The van der Waals surface area contributed by atoms with Crippen molar-refractivity contribution in [1.82, 2.24) is 0 Å². The summed E-state index contributed by atoms with van der Waals surface area (Å²) in [5.74, 6) is 0.396. The zero-order valence-electron chi connectivity index (χ0n) is 15.2. The summed E-state index contributed by atoms with van der Waals surface area (Å²) < 4.78 is 4.81. The van der Waals surface area contributed by atoms with Crippen LogP contribution < -0.4 is 0 Å². The average Bonchev–Trinajstić information content (AvgIpc) is 2.84. The number of aliphatic hydroxyl groups is 2. The molecule has 2 N–H and O–H groups in total. The van der Waals surface area contributed by atoms with E-state index in [1.54, 1.807) is 0 Å². The second-order valence-corrected chi connectivity index (χ2v) is 8.45. The van der Waals surface area contributed by atoms with E-state index in [0.717, 1.165) is 25.7 Å². The van der Waals surface area contributed by atoms with Crippen molar-refractivity contribution in [2.45, 2.75) is 72.2 Å². The molecule has 6 atom stereocenters. The van der Waals surface area contributed by atoms with Crippen LogP contribution in [0, 0.1) is 22.7 Å². The van der Waals surface area contributed by atoms with Crippen molar-refractivity contribution in [3.63, 3.8) is 0 Å². The molecule has 2 aliphatic carbocycles. The van der Waals surface area contributed by atoms with Crippen molar-refractivity contribution < 1.29 is 19.7 Å². The van der Waals surface area contributed by atoms with E-state index in [9.17, 15) is 15.0 Å². The molecule has 3 rings (SSSR count). The van der Waals surface area contributed by atoms with Crippen LogP contribution in [0.2, 0.25) is 0 Å². The normalized spacial score (nSPS) is 45.3. The highest BCUT2D eigenvalue weighted by Gasteiger charge is 2.57. The number of cyclic esters (lactones) is 1. The molecule has 0 radical (unpaired) electrons. The van der Waals surface area contributed by atoms with Crippen LogP contribution in [-0.2, 0) is 9.53 Å². The van der Waals surface area contributed by atoms with Crippen LogP contribution in [0.1, 0.15) is 59.8 Å². The first-order valence-corrected chi connectivity index (χ1v) is 9.14. The van der Waals surface area contributed by atoms with Gasteiger partial charge in [-0.3, -0.25) is 0 Å². The lowest BCUT2D eigenvalue weighted by Gasteiger charge is -2.60. The average molecular weight is 334 g/mol. The van der Waals surface area contributed by atoms with Crippen molar-refractivity contribution in [1.29, 1.82) is 0 Å². The highest BCUT2D eigenvalue weighted by molar-refractivity contribution is 5.90. The van der Waals surface area contributed by atoms with Gasteiger partial charge in [0.05, 0.1) is 6.10 Å². The minimum absolute atomic E-state index is 0.0537. The Morgan fingerprint density at radius 2 is 2.04 bits per heavy atom. The molecule has 0 spiro atoms. The second kappa shape index (κ2) is 5.99. The minimum Gasteiger partial charge on any atom is -0.429 e. The summed E-state index contributed by atoms with van der Waals surface area (Å²) in [6, 6.07) is 0. The smallest absolute Gasteiger partial charge is 0.336 e. The van der Waals surface area contributed by atoms with Crippen molar-refractivity contribution in [2.75, 3.05) is 0 Å². The quantitative estimate of drug-likeness (QED) is 0.614. The van der Waals surface area contributed by atoms with E-state index < -0.39 is 12.3 Å². The summed E-state index contributed by atoms with van der Waals surface area (Å²) in [7, 11) is 0. The van der Waals surface area contributed by atoms with Gasteiger partial charge in [-0.1, -0.05) is 32.4 Å². The highest BCUT2D eigenvalue weighted by atomic mass is 16.6. The summed E-state index contributed by atoms with van der Waals surface area (Å²) in [5, 5.41) is 20.3. The third-order valence-corrected chi connectivity index (χ3v) is 7.44. The first-order valence-electron chi connectivity index (χ1n) is 9.14. The lowest BCUT2D eigenvalue weighted by Crippen LogP contribution is -2.56. The van der Waals surface area contributed by atoms with Crippen LogP contribution in [0.4, 0.5) is 0 Å². The standard InChI is InChI=1S/C20H30O4/c1-12-6-5-7-15-19(3,13(2)10-16(21)20(12,15)4)9-8-14-11-17(22)24-18(14)23/h6,11,13,15-17,21-22H,5,7-10H2,1-4H3/t13-,15-,16+,17+,19+,20-/m0/s1. The van der Waals surface area contributed by atoms with E-state index in [0.29, 0.717) is 23.8 Å². The summed E-state index contributed by atoms with van der Waals surface area (Å²) in [6.45, 7) is 8.91. The first kappa shape index (κ1) is 17.7. The summed E-state index contributed by atoms with van der Waals surface area (Å²) in [6.07, 6.45) is 6.85. The maximum atomic E-state index is 11.8. The van der Waals surface area contributed by atoms with E-state index >= 15 is 0 Å². The number of aliphatic hydroxyl groups excluding tert-OH is 2. The van der Waals surface area contributed by atoms with Crippen LogP contribution in [-0.4, -0.2) is 28.6 Å². The Morgan fingerprint density at radius 3 is 2.67 bits per heavy atom. The molecular formula is C20H30O4. The fourth-order valence-electron chi connectivity index (χ4n) is 5.43. The molecule has 1 heterocycles. The highest BCUT2D eigenvalue weighted by Crippen LogP contribution is 2.61. The van der Waals surface area contributed by atoms with Crippen molar-refractivity contribution in [3.05, 3.63) is 23.3 Å². The number of carbonyl (C=O) groups is 1. The van der Waals surface area contributed by atoms with E-state index in [4.69, 9.17) is 4.74 Å². The molecule has 0 saturated heterocycles. The number of fused-ring (bicyclic) bond motifs is 1. The van der Waals surface area contributed by atoms with Crippen LogP contribution in [0.25, 0.3) is 0 Å². The van der Waals surface area contributed by atoms with Crippen LogP contribution >= 0.6 is 0 Å².